The maximum atomic E-state index is 12.8. The molecular formula is C20H22N4O4. The van der Waals surface area contributed by atoms with E-state index in [1.54, 1.807) is 24.3 Å². The maximum absolute atomic E-state index is 12.8. The van der Waals surface area contributed by atoms with E-state index in [0.29, 0.717) is 24.4 Å². The van der Waals surface area contributed by atoms with E-state index in [2.05, 4.69) is 16.2 Å². The Morgan fingerprint density at radius 1 is 1.07 bits per heavy atom. The molecule has 2 fully saturated rings. The van der Waals surface area contributed by atoms with Crippen LogP contribution in [0.3, 0.4) is 0 Å². The second-order valence-corrected chi connectivity index (χ2v) is 7.26. The van der Waals surface area contributed by atoms with Crippen molar-refractivity contribution >= 4 is 11.6 Å². The number of ether oxygens (including phenoxy) is 1. The Morgan fingerprint density at radius 2 is 1.79 bits per heavy atom. The molecule has 28 heavy (non-hydrogen) atoms. The molecule has 1 aliphatic carbocycles. The van der Waals surface area contributed by atoms with Crippen LogP contribution < -0.4 is 20.9 Å². The summed E-state index contributed by atoms with van der Waals surface area (Å²) in [5, 5.41) is 14.2. The predicted octanol–water partition coefficient (Wildman–Crippen LogP) is 2.57. The number of fused-ring (bicyclic) bond motifs is 1. The third-order valence-corrected chi connectivity index (χ3v) is 5.41. The van der Waals surface area contributed by atoms with Crippen LogP contribution in [0.15, 0.2) is 54.6 Å². The minimum absolute atomic E-state index is 0.0848. The van der Waals surface area contributed by atoms with Gasteiger partial charge >= 0.3 is 0 Å². The number of nitro groups is 1. The molecule has 1 heterocycles. The summed E-state index contributed by atoms with van der Waals surface area (Å²) in [4.78, 5) is 23.8. The summed E-state index contributed by atoms with van der Waals surface area (Å²) in [7, 11) is 0. The number of hydrogen-bond donors (Lipinski definition) is 3. The Kier molecular flexibility index (Phi) is 5.23. The molecule has 4 unspecified atom stereocenters. The molecule has 8 nitrogen and oxygen atoms in total. The molecule has 8 heteroatoms. The minimum atomic E-state index is -0.680. The number of amides is 1. The van der Waals surface area contributed by atoms with Gasteiger partial charge in [-0.2, -0.15) is 0 Å². The fourth-order valence-corrected chi connectivity index (χ4v) is 4.01. The molecule has 0 spiro atoms. The van der Waals surface area contributed by atoms with Crippen LogP contribution in [0, 0.1) is 22.0 Å². The van der Waals surface area contributed by atoms with Gasteiger partial charge in [-0.15, -0.1) is 0 Å². The van der Waals surface area contributed by atoms with Crippen molar-refractivity contribution in [1.82, 2.24) is 10.9 Å². The SMILES string of the molecule is O=C(Nc1ccc(Oc2ccccc2)cc1)C1CC([N+](=O)[O-])CC2CNNC21. The molecule has 4 atom stereocenters. The lowest BCUT2D eigenvalue weighted by atomic mass is 9.75. The topological polar surface area (TPSA) is 106 Å². The van der Waals surface area contributed by atoms with Crippen molar-refractivity contribution in [2.24, 2.45) is 11.8 Å². The monoisotopic (exact) mass is 382 g/mol. The molecular weight excluding hydrogens is 360 g/mol. The fourth-order valence-electron chi connectivity index (χ4n) is 4.01. The van der Waals surface area contributed by atoms with Crippen molar-refractivity contribution in [3.8, 4) is 11.5 Å². The molecule has 1 saturated heterocycles. The predicted molar refractivity (Wildman–Crippen MR) is 104 cm³/mol. The molecule has 1 amide bonds. The van der Waals surface area contributed by atoms with Gasteiger partial charge in [0.05, 0.1) is 5.92 Å². The van der Waals surface area contributed by atoms with Crippen LogP contribution >= 0.6 is 0 Å². The molecule has 1 aliphatic heterocycles. The Labute approximate surface area is 162 Å². The van der Waals surface area contributed by atoms with E-state index in [1.165, 1.54) is 0 Å². The molecule has 3 N–H and O–H groups in total. The van der Waals surface area contributed by atoms with Crippen LogP contribution in [0.5, 0.6) is 11.5 Å². The number of rotatable bonds is 5. The molecule has 2 aliphatic rings. The Bertz CT molecular complexity index is 843. The zero-order valence-electron chi connectivity index (χ0n) is 15.2. The van der Waals surface area contributed by atoms with Gasteiger partial charge < -0.3 is 10.1 Å². The van der Waals surface area contributed by atoms with Gasteiger partial charge in [-0.25, -0.2) is 0 Å². The van der Waals surface area contributed by atoms with Crippen molar-refractivity contribution in [3.05, 3.63) is 64.7 Å². The molecule has 2 aromatic rings. The number of carbonyl (C=O) groups excluding carboxylic acids is 1. The summed E-state index contributed by atoms with van der Waals surface area (Å²) in [6.07, 6.45) is 0.733. The first-order chi connectivity index (χ1) is 13.6. The second kappa shape index (κ2) is 7.95. The lowest BCUT2D eigenvalue weighted by molar-refractivity contribution is -0.529. The van der Waals surface area contributed by atoms with Crippen LogP contribution in [-0.4, -0.2) is 29.5 Å². The van der Waals surface area contributed by atoms with Gasteiger partial charge in [0.1, 0.15) is 11.5 Å². The van der Waals surface area contributed by atoms with Gasteiger partial charge in [-0.1, -0.05) is 18.2 Å². The average molecular weight is 382 g/mol. The molecule has 0 bridgehead atoms. The molecule has 146 valence electrons. The smallest absolute Gasteiger partial charge is 0.229 e. The number of para-hydroxylation sites is 1. The Balaban J connectivity index is 1.41. The van der Waals surface area contributed by atoms with E-state index >= 15 is 0 Å². The van der Waals surface area contributed by atoms with Gasteiger partial charge in [0.25, 0.3) is 0 Å². The first kappa shape index (κ1) is 18.4. The molecule has 4 rings (SSSR count). The summed E-state index contributed by atoms with van der Waals surface area (Å²) in [6, 6.07) is 15.8. The number of nitrogens with zero attached hydrogens (tertiary/aromatic N) is 1. The summed E-state index contributed by atoms with van der Waals surface area (Å²) in [6.45, 7) is 0.643. The van der Waals surface area contributed by atoms with Gasteiger partial charge in [0.2, 0.25) is 11.9 Å². The van der Waals surface area contributed by atoms with Crippen molar-refractivity contribution in [3.63, 3.8) is 0 Å². The molecule has 0 aromatic heterocycles. The fraction of sp³-hybridized carbons (Fsp3) is 0.350. The van der Waals surface area contributed by atoms with Gasteiger partial charge in [-0.3, -0.25) is 25.8 Å². The highest BCUT2D eigenvalue weighted by Gasteiger charge is 2.47. The lowest BCUT2D eigenvalue weighted by Gasteiger charge is -2.33. The minimum Gasteiger partial charge on any atom is -0.457 e. The first-order valence-corrected chi connectivity index (χ1v) is 9.36. The zero-order chi connectivity index (χ0) is 19.5. The largest absolute Gasteiger partial charge is 0.457 e. The van der Waals surface area contributed by atoms with Crippen LogP contribution in [0.4, 0.5) is 5.69 Å². The second-order valence-electron chi connectivity index (χ2n) is 7.26. The summed E-state index contributed by atoms with van der Waals surface area (Å²) < 4.78 is 5.75. The van der Waals surface area contributed by atoms with Crippen molar-refractivity contribution in [2.45, 2.75) is 24.9 Å². The number of anilines is 1. The summed E-state index contributed by atoms with van der Waals surface area (Å²) in [5.74, 6) is 0.829. The van der Waals surface area contributed by atoms with Crippen molar-refractivity contribution in [1.29, 1.82) is 0 Å². The van der Waals surface area contributed by atoms with E-state index in [9.17, 15) is 14.9 Å². The van der Waals surface area contributed by atoms with Crippen LogP contribution in [0.1, 0.15) is 12.8 Å². The Hall–Kier alpha value is -2.97. The van der Waals surface area contributed by atoms with E-state index in [1.807, 2.05) is 30.3 Å². The molecule has 0 radical (unpaired) electrons. The van der Waals surface area contributed by atoms with Crippen LogP contribution in [0.2, 0.25) is 0 Å². The van der Waals surface area contributed by atoms with Crippen LogP contribution in [0.25, 0.3) is 0 Å². The third kappa shape index (κ3) is 3.97. The van der Waals surface area contributed by atoms with Gasteiger partial charge in [0.15, 0.2) is 0 Å². The van der Waals surface area contributed by atoms with E-state index in [-0.39, 0.29) is 29.2 Å². The number of hydrazine groups is 1. The third-order valence-electron chi connectivity index (χ3n) is 5.41. The summed E-state index contributed by atoms with van der Waals surface area (Å²) >= 11 is 0. The number of hydrogen-bond acceptors (Lipinski definition) is 6. The first-order valence-electron chi connectivity index (χ1n) is 9.36. The van der Waals surface area contributed by atoms with E-state index in [0.717, 1.165) is 5.75 Å². The average Bonchev–Trinajstić information content (AvgIpc) is 3.18. The van der Waals surface area contributed by atoms with Crippen LogP contribution in [-0.2, 0) is 4.79 Å². The molecule has 2 aromatic carbocycles. The molecule has 1 saturated carbocycles. The van der Waals surface area contributed by atoms with Gasteiger partial charge in [-0.05, 0) is 42.3 Å². The standard InChI is InChI=1S/C20H22N4O4/c25-20(18-11-15(24(26)27)10-13-12-21-23-19(13)18)22-14-6-8-17(9-7-14)28-16-4-2-1-3-5-16/h1-9,13,15,18-19,21,23H,10-12H2,(H,22,25). The van der Waals surface area contributed by atoms with E-state index in [4.69, 9.17) is 4.74 Å². The van der Waals surface area contributed by atoms with Gasteiger partial charge in [0, 0.05) is 36.0 Å². The highest BCUT2D eigenvalue weighted by Crippen LogP contribution is 2.34. The zero-order valence-corrected chi connectivity index (χ0v) is 15.2. The highest BCUT2D eigenvalue weighted by atomic mass is 16.6. The van der Waals surface area contributed by atoms with Crippen molar-refractivity contribution < 1.29 is 14.5 Å². The number of benzene rings is 2. The maximum Gasteiger partial charge on any atom is 0.229 e. The number of carbonyl (C=O) groups is 1. The summed E-state index contributed by atoms with van der Waals surface area (Å²) in [5.41, 5.74) is 6.79. The van der Waals surface area contributed by atoms with Crippen molar-refractivity contribution in [2.75, 3.05) is 11.9 Å². The highest BCUT2D eigenvalue weighted by molar-refractivity contribution is 5.93. The Morgan fingerprint density at radius 3 is 2.50 bits per heavy atom. The lowest BCUT2D eigenvalue weighted by Crippen LogP contribution is -2.50. The quantitative estimate of drug-likeness (QED) is 0.542. The number of nitrogens with one attached hydrogen (secondary N) is 3. The normalized spacial score (nSPS) is 26.3. The van der Waals surface area contributed by atoms with E-state index < -0.39 is 12.0 Å².